The minimum Gasteiger partial charge on any atom is -0.282 e. The lowest BCUT2D eigenvalue weighted by Gasteiger charge is -2.19. The predicted octanol–water partition coefficient (Wildman–Crippen LogP) is 1.33. The van der Waals surface area contributed by atoms with Crippen molar-refractivity contribution in [1.82, 2.24) is 4.90 Å². The smallest absolute Gasteiger partial charge is 0.233 e. The van der Waals surface area contributed by atoms with Gasteiger partial charge in [-0.25, -0.2) is 0 Å². The minimum absolute atomic E-state index is 0.0547. The Bertz CT molecular complexity index is 374. The maximum atomic E-state index is 11.8. The third-order valence-corrected chi connectivity index (χ3v) is 3.59. The summed E-state index contributed by atoms with van der Waals surface area (Å²) in [7, 11) is 0. The Balaban J connectivity index is 1.93. The first-order valence-electron chi connectivity index (χ1n) is 5.38. The van der Waals surface area contributed by atoms with Gasteiger partial charge in [0.25, 0.3) is 0 Å². The molecule has 0 aromatic rings. The van der Waals surface area contributed by atoms with Crippen LogP contribution in [0.4, 0.5) is 0 Å². The number of carbonyl (C=O) groups excluding carboxylic acids is 2. The molecule has 1 saturated carbocycles. The third-order valence-electron chi connectivity index (χ3n) is 3.59. The number of hydrogen-bond donors (Lipinski definition) is 0. The molecule has 0 N–H and O–H groups in total. The van der Waals surface area contributed by atoms with Crippen molar-refractivity contribution in [1.29, 1.82) is 0 Å². The van der Waals surface area contributed by atoms with Gasteiger partial charge < -0.3 is 0 Å². The molecule has 2 atom stereocenters. The second-order valence-electron chi connectivity index (χ2n) is 4.91. The van der Waals surface area contributed by atoms with Crippen LogP contribution in [0.25, 0.3) is 10.4 Å². The van der Waals surface area contributed by atoms with E-state index in [9.17, 15) is 9.59 Å². The van der Waals surface area contributed by atoms with Gasteiger partial charge in [0, 0.05) is 18.0 Å². The number of likely N-dealkylation sites (tertiary alicyclic amines) is 1. The van der Waals surface area contributed by atoms with Crippen LogP contribution < -0.4 is 0 Å². The molecule has 16 heavy (non-hydrogen) atoms. The summed E-state index contributed by atoms with van der Waals surface area (Å²) >= 11 is 0. The zero-order chi connectivity index (χ0) is 11.9. The molecule has 0 spiro atoms. The third kappa shape index (κ3) is 1.38. The lowest BCUT2D eigenvalue weighted by molar-refractivity contribution is -0.143. The summed E-state index contributed by atoms with van der Waals surface area (Å²) in [4.78, 5) is 27.6. The highest BCUT2D eigenvalue weighted by molar-refractivity contribution is 6.10. The summed E-state index contributed by atoms with van der Waals surface area (Å²) in [5, 5.41) is 3.37. The molecular formula is C10H14N4O2. The van der Waals surface area contributed by atoms with Crippen molar-refractivity contribution >= 4 is 11.8 Å². The highest BCUT2D eigenvalue weighted by Gasteiger charge is 2.72. The number of piperidine rings is 1. The fourth-order valence-corrected chi connectivity index (χ4v) is 2.57. The summed E-state index contributed by atoms with van der Waals surface area (Å²) in [5.41, 5.74) is 7.95. The van der Waals surface area contributed by atoms with Gasteiger partial charge in [0.05, 0.1) is 11.8 Å². The van der Waals surface area contributed by atoms with Gasteiger partial charge in [-0.1, -0.05) is 19.0 Å². The molecule has 6 nitrogen and oxygen atoms in total. The van der Waals surface area contributed by atoms with E-state index in [0.717, 1.165) is 0 Å². The largest absolute Gasteiger partial charge is 0.282 e. The van der Waals surface area contributed by atoms with Crippen molar-refractivity contribution in [2.75, 3.05) is 13.1 Å². The number of nitrogens with zero attached hydrogens (tertiary/aromatic N) is 4. The van der Waals surface area contributed by atoms with E-state index in [0.29, 0.717) is 19.5 Å². The first-order valence-corrected chi connectivity index (χ1v) is 5.38. The van der Waals surface area contributed by atoms with Crippen LogP contribution in [-0.2, 0) is 9.59 Å². The zero-order valence-corrected chi connectivity index (χ0v) is 9.38. The Morgan fingerprint density at radius 2 is 1.94 bits per heavy atom. The van der Waals surface area contributed by atoms with Gasteiger partial charge in [-0.3, -0.25) is 14.5 Å². The van der Waals surface area contributed by atoms with Crippen LogP contribution in [-0.4, -0.2) is 29.8 Å². The topological polar surface area (TPSA) is 86.1 Å². The average molecular weight is 222 g/mol. The second-order valence-corrected chi connectivity index (χ2v) is 4.91. The van der Waals surface area contributed by atoms with Crippen LogP contribution in [0.5, 0.6) is 0 Å². The number of imide groups is 1. The van der Waals surface area contributed by atoms with Crippen LogP contribution in [0.3, 0.4) is 0 Å². The molecule has 0 bridgehead atoms. The summed E-state index contributed by atoms with van der Waals surface area (Å²) in [6.07, 6.45) is 0.543. The molecular weight excluding hydrogens is 208 g/mol. The van der Waals surface area contributed by atoms with E-state index in [2.05, 4.69) is 10.0 Å². The number of rotatable bonds is 4. The first kappa shape index (κ1) is 11.0. The van der Waals surface area contributed by atoms with Crippen molar-refractivity contribution in [3.63, 3.8) is 0 Å². The molecule has 0 aromatic carbocycles. The number of carbonyl (C=O) groups is 2. The van der Waals surface area contributed by atoms with Crippen LogP contribution in [0.2, 0.25) is 0 Å². The Morgan fingerprint density at radius 3 is 2.44 bits per heavy atom. The van der Waals surface area contributed by atoms with Crippen molar-refractivity contribution in [2.24, 2.45) is 22.4 Å². The Labute approximate surface area is 93.2 Å². The van der Waals surface area contributed by atoms with E-state index in [1.165, 1.54) is 4.90 Å². The highest BCUT2D eigenvalue weighted by atomic mass is 16.2. The fourth-order valence-electron chi connectivity index (χ4n) is 2.57. The standard InChI is InChI=1S/C10H14N4O2/c1-10(2)6-7(10)9(16)14(8(6)15)5-3-4-12-13-11/h6-7H,3-5H2,1-2H3. The highest BCUT2D eigenvalue weighted by Crippen LogP contribution is 2.63. The van der Waals surface area contributed by atoms with E-state index in [1.807, 2.05) is 13.8 Å². The predicted molar refractivity (Wildman–Crippen MR) is 56.1 cm³/mol. The Hall–Kier alpha value is -1.55. The molecule has 1 saturated heterocycles. The number of amides is 2. The van der Waals surface area contributed by atoms with E-state index < -0.39 is 0 Å². The van der Waals surface area contributed by atoms with Gasteiger partial charge in [0.1, 0.15) is 0 Å². The fraction of sp³-hybridized carbons (Fsp3) is 0.800. The van der Waals surface area contributed by atoms with Gasteiger partial charge in [-0.2, -0.15) is 0 Å². The van der Waals surface area contributed by atoms with Crippen LogP contribution in [0, 0.1) is 17.3 Å². The molecule has 2 amide bonds. The number of azide groups is 1. The Kier molecular flexibility index (Phi) is 2.39. The van der Waals surface area contributed by atoms with Crippen molar-refractivity contribution in [2.45, 2.75) is 20.3 Å². The molecule has 2 aliphatic rings. The molecule has 2 unspecified atom stereocenters. The molecule has 6 heteroatoms. The summed E-state index contributed by atoms with van der Waals surface area (Å²) < 4.78 is 0. The molecule has 1 aliphatic heterocycles. The SMILES string of the molecule is CC1(C)C2C(=O)N(CCCN=[N+]=[N-])C(=O)C21. The lowest BCUT2D eigenvalue weighted by atomic mass is 10.1. The van der Waals surface area contributed by atoms with Crippen molar-refractivity contribution < 1.29 is 9.59 Å². The number of hydrogen-bond acceptors (Lipinski definition) is 3. The van der Waals surface area contributed by atoms with Crippen molar-refractivity contribution in [3.05, 3.63) is 10.4 Å². The van der Waals surface area contributed by atoms with Crippen molar-refractivity contribution in [3.8, 4) is 0 Å². The molecule has 0 radical (unpaired) electrons. The van der Waals surface area contributed by atoms with Gasteiger partial charge in [-0.15, -0.1) is 0 Å². The normalized spacial score (nSPS) is 30.0. The molecule has 2 fully saturated rings. The minimum atomic E-state index is -0.143. The van der Waals surface area contributed by atoms with Crippen LogP contribution in [0.1, 0.15) is 20.3 Å². The molecule has 1 aliphatic carbocycles. The maximum Gasteiger partial charge on any atom is 0.233 e. The molecule has 0 aromatic heterocycles. The number of fused-ring (bicyclic) bond motifs is 1. The van der Waals surface area contributed by atoms with E-state index in [4.69, 9.17) is 5.53 Å². The van der Waals surface area contributed by atoms with Gasteiger partial charge in [0.2, 0.25) is 11.8 Å². The summed E-state index contributed by atoms with van der Waals surface area (Å²) in [6, 6.07) is 0. The van der Waals surface area contributed by atoms with Gasteiger partial charge in [-0.05, 0) is 17.4 Å². The zero-order valence-electron chi connectivity index (χ0n) is 9.38. The maximum absolute atomic E-state index is 11.8. The summed E-state index contributed by atoms with van der Waals surface area (Å²) in [5.74, 6) is -0.333. The quantitative estimate of drug-likeness (QED) is 0.236. The van der Waals surface area contributed by atoms with Crippen LogP contribution in [0.15, 0.2) is 5.11 Å². The molecule has 1 heterocycles. The van der Waals surface area contributed by atoms with Gasteiger partial charge in [0.15, 0.2) is 0 Å². The Morgan fingerprint density at radius 1 is 1.38 bits per heavy atom. The van der Waals surface area contributed by atoms with E-state index >= 15 is 0 Å². The van der Waals surface area contributed by atoms with Gasteiger partial charge >= 0.3 is 0 Å². The van der Waals surface area contributed by atoms with E-state index in [1.54, 1.807) is 0 Å². The second kappa shape index (κ2) is 3.49. The molecule has 2 rings (SSSR count). The van der Waals surface area contributed by atoms with Crippen LogP contribution >= 0.6 is 0 Å². The van der Waals surface area contributed by atoms with E-state index in [-0.39, 0.29) is 29.1 Å². The lowest BCUT2D eigenvalue weighted by Crippen LogP contribution is -2.37. The first-order chi connectivity index (χ1) is 7.51. The average Bonchev–Trinajstić information content (AvgIpc) is 2.68. The molecule has 86 valence electrons. The monoisotopic (exact) mass is 222 g/mol. The summed E-state index contributed by atoms with van der Waals surface area (Å²) in [6.45, 7) is 4.61.